The third-order valence-electron chi connectivity index (χ3n) is 7.58. The summed E-state index contributed by atoms with van der Waals surface area (Å²) in [5, 5.41) is 6.03. The van der Waals surface area contributed by atoms with E-state index in [9.17, 15) is 14.4 Å². The number of pyridine rings is 1. The lowest BCUT2D eigenvalue weighted by atomic mass is 9.83. The van der Waals surface area contributed by atoms with E-state index in [2.05, 4.69) is 29.7 Å². The molecule has 1 aromatic carbocycles. The molecule has 4 atom stereocenters. The van der Waals surface area contributed by atoms with Gasteiger partial charge in [-0.05, 0) is 54.9 Å². The number of aryl methyl sites for hydroxylation is 1. The van der Waals surface area contributed by atoms with Gasteiger partial charge in [0.1, 0.15) is 6.04 Å². The molecule has 2 aliphatic heterocycles. The van der Waals surface area contributed by atoms with Crippen molar-refractivity contribution in [2.24, 2.45) is 11.8 Å². The van der Waals surface area contributed by atoms with Crippen molar-refractivity contribution < 1.29 is 9.59 Å². The molecule has 7 heteroatoms. The lowest BCUT2D eigenvalue weighted by molar-refractivity contribution is -0.119. The second kappa shape index (κ2) is 11.1. The van der Waals surface area contributed by atoms with Crippen LogP contribution >= 0.6 is 0 Å². The standard InChI is InChI=1S/C28H38N4O3/c1-4-6-8-20-11-13-23(14-12-20)29-27(34)26(19(3)5-2)30-28(35)31-16-21-15-22(18-31)24-9-7-10-25(33)32(24)17-21/h7,9-14,19,21-22,26H,4-6,8,15-18H2,1-3H3,(H,29,34)(H,30,35)/t19?,21-,22+,26+/m1/s1. The van der Waals surface area contributed by atoms with E-state index in [1.807, 2.05) is 41.5 Å². The molecule has 2 aliphatic rings. The minimum absolute atomic E-state index is 0.00799. The monoisotopic (exact) mass is 478 g/mol. The number of urea groups is 1. The van der Waals surface area contributed by atoms with Crippen LogP contribution in [0.1, 0.15) is 63.6 Å². The van der Waals surface area contributed by atoms with E-state index in [4.69, 9.17) is 0 Å². The summed E-state index contributed by atoms with van der Waals surface area (Å²) in [4.78, 5) is 40.6. The Balaban J connectivity index is 1.42. The highest BCUT2D eigenvalue weighted by molar-refractivity contribution is 5.97. The number of likely N-dealkylation sites (tertiary alicyclic amines) is 1. The Hall–Kier alpha value is -3.09. The molecule has 4 rings (SSSR count). The number of aromatic nitrogens is 1. The van der Waals surface area contributed by atoms with Gasteiger partial charge in [0.05, 0.1) is 0 Å². The van der Waals surface area contributed by atoms with Crippen molar-refractivity contribution in [1.82, 2.24) is 14.8 Å². The number of nitrogens with one attached hydrogen (secondary N) is 2. The third-order valence-corrected chi connectivity index (χ3v) is 7.58. The quantitative estimate of drug-likeness (QED) is 0.591. The summed E-state index contributed by atoms with van der Waals surface area (Å²) in [6.07, 6.45) is 5.09. The maximum absolute atomic E-state index is 13.3. The number of unbranched alkanes of at least 4 members (excludes halogenated alkanes) is 1. The molecule has 1 saturated heterocycles. The molecule has 3 heterocycles. The number of rotatable bonds is 8. The zero-order valence-corrected chi connectivity index (χ0v) is 21.1. The van der Waals surface area contributed by atoms with Crippen LogP contribution in [0.15, 0.2) is 47.3 Å². The number of carbonyl (C=O) groups is 2. The van der Waals surface area contributed by atoms with Crippen molar-refractivity contribution in [3.05, 3.63) is 64.1 Å². The summed E-state index contributed by atoms with van der Waals surface area (Å²) in [5.74, 6) is 0.188. The first-order chi connectivity index (χ1) is 16.9. The Kier molecular flexibility index (Phi) is 7.93. The van der Waals surface area contributed by atoms with Gasteiger partial charge < -0.3 is 20.1 Å². The van der Waals surface area contributed by atoms with Crippen LogP contribution in [0.25, 0.3) is 0 Å². The fourth-order valence-corrected chi connectivity index (χ4v) is 5.34. The third kappa shape index (κ3) is 5.77. The van der Waals surface area contributed by atoms with Crippen molar-refractivity contribution in [2.45, 2.75) is 71.4 Å². The number of hydrogen-bond donors (Lipinski definition) is 2. The van der Waals surface area contributed by atoms with E-state index < -0.39 is 6.04 Å². The Morgan fingerprint density at radius 3 is 2.54 bits per heavy atom. The maximum atomic E-state index is 13.3. The number of benzene rings is 1. The number of hydrogen-bond acceptors (Lipinski definition) is 3. The Labute approximate surface area is 207 Å². The molecular formula is C28H38N4O3. The molecule has 2 N–H and O–H groups in total. The fourth-order valence-electron chi connectivity index (χ4n) is 5.34. The second-order valence-electron chi connectivity index (χ2n) is 10.2. The first-order valence-corrected chi connectivity index (χ1v) is 13.0. The topological polar surface area (TPSA) is 83.4 Å². The van der Waals surface area contributed by atoms with Crippen LogP contribution in [-0.4, -0.2) is 40.5 Å². The molecule has 2 bridgehead atoms. The van der Waals surface area contributed by atoms with Crippen LogP contribution < -0.4 is 16.2 Å². The summed E-state index contributed by atoms with van der Waals surface area (Å²) in [6, 6.07) is 12.5. The van der Waals surface area contributed by atoms with Gasteiger partial charge in [-0.2, -0.15) is 0 Å². The molecule has 7 nitrogen and oxygen atoms in total. The summed E-state index contributed by atoms with van der Waals surface area (Å²) < 4.78 is 1.86. The average Bonchev–Trinajstić information content (AvgIpc) is 2.86. The minimum Gasteiger partial charge on any atom is -0.326 e. The van der Waals surface area contributed by atoms with Crippen LogP contribution in [0.5, 0.6) is 0 Å². The van der Waals surface area contributed by atoms with Gasteiger partial charge in [-0.1, -0.05) is 51.8 Å². The minimum atomic E-state index is -0.621. The highest BCUT2D eigenvalue weighted by Gasteiger charge is 2.37. The number of amides is 3. The smallest absolute Gasteiger partial charge is 0.318 e. The summed E-state index contributed by atoms with van der Waals surface area (Å²) in [6.45, 7) is 7.98. The van der Waals surface area contributed by atoms with Crippen molar-refractivity contribution in [3.8, 4) is 0 Å². The molecule has 0 spiro atoms. The highest BCUT2D eigenvalue weighted by atomic mass is 16.2. The molecule has 1 unspecified atom stereocenters. The van der Waals surface area contributed by atoms with Gasteiger partial charge >= 0.3 is 6.03 Å². The Morgan fingerprint density at radius 1 is 1.06 bits per heavy atom. The average molecular weight is 479 g/mol. The Bertz CT molecular complexity index is 1090. The van der Waals surface area contributed by atoms with Crippen LogP contribution in [-0.2, 0) is 17.8 Å². The molecule has 0 saturated carbocycles. The normalized spacial score (nSPS) is 20.5. The lowest BCUT2D eigenvalue weighted by Gasteiger charge is -2.43. The highest BCUT2D eigenvalue weighted by Crippen LogP contribution is 2.35. The summed E-state index contributed by atoms with van der Waals surface area (Å²) in [5.41, 5.74) is 3.04. The first kappa shape index (κ1) is 25.0. The van der Waals surface area contributed by atoms with E-state index in [0.717, 1.165) is 43.5 Å². The second-order valence-corrected chi connectivity index (χ2v) is 10.2. The van der Waals surface area contributed by atoms with Gasteiger partial charge in [0.15, 0.2) is 0 Å². The van der Waals surface area contributed by atoms with Crippen molar-refractivity contribution in [2.75, 3.05) is 18.4 Å². The van der Waals surface area contributed by atoms with Gasteiger partial charge in [0.2, 0.25) is 5.91 Å². The molecule has 1 fully saturated rings. The zero-order chi connectivity index (χ0) is 24.9. The van der Waals surface area contributed by atoms with Crippen LogP contribution in [0, 0.1) is 11.8 Å². The SMILES string of the molecule is CCCCc1ccc(NC(=O)[C@@H](NC(=O)N2C[C@H]3C[C@@H](C2)c2cccc(=O)n2C3)C(C)CC)cc1. The maximum Gasteiger partial charge on any atom is 0.318 e. The van der Waals surface area contributed by atoms with Crippen LogP contribution in [0.4, 0.5) is 10.5 Å². The van der Waals surface area contributed by atoms with Gasteiger partial charge in [0, 0.05) is 43.0 Å². The number of fused-ring (bicyclic) bond motifs is 4. The van der Waals surface area contributed by atoms with Crippen LogP contribution in [0.2, 0.25) is 0 Å². The first-order valence-electron chi connectivity index (χ1n) is 13.0. The van der Waals surface area contributed by atoms with Gasteiger partial charge in [-0.25, -0.2) is 4.79 Å². The van der Waals surface area contributed by atoms with Crippen molar-refractivity contribution in [3.63, 3.8) is 0 Å². The molecular weight excluding hydrogens is 440 g/mol. The summed E-state index contributed by atoms with van der Waals surface area (Å²) >= 11 is 0. The molecule has 0 radical (unpaired) electrons. The molecule has 2 aromatic rings. The van der Waals surface area contributed by atoms with E-state index in [1.165, 1.54) is 5.56 Å². The molecule has 3 amide bonds. The fraction of sp³-hybridized carbons (Fsp3) is 0.536. The number of carbonyl (C=O) groups excluding carboxylic acids is 2. The van der Waals surface area contributed by atoms with E-state index >= 15 is 0 Å². The lowest BCUT2D eigenvalue weighted by Crippen LogP contribution is -2.56. The van der Waals surface area contributed by atoms with Gasteiger partial charge in [-0.15, -0.1) is 0 Å². The van der Waals surface area contributed by atoms with Gasteiger partial charge in [-0.3, -0.25) is 9.59 Å². The number of nitrogens with zero attached hydrogens (tertiary/aromatic N) is 2. The van der Waals surface area contributed by atoms with E-state index in [1.54, 1.807) is 12.1 Å². The predicted molar refractivity (Wildman–Crippen MR) is 139 cm³/mol. The van der Waals surface area contributed by atoms with Crippen molar-refractivity contribution in [1.29, 1.82) is 0 Å². The van der Waals surface area contributed by atoms with E-state index in [-0.39, 0.29) is 35.3 Å². The molecule has 1 aromatic heterocycles. The molecule has 0 aliphatic carbocycles. The largest absolute Gasteiger partial charge is 0.326 e. The molecule has 188 valence electrons. The van der Waals surface area contributed by atoms with Gasteiger partial charge in [0.25, 0.3) is 5.56 Å². The number of piperidine rings is 1. The number of anilines is 1. The van der Waals surface area contributed by atoms with E-state index in [0.29, 0.717) is 19.6 Å². The summed E-state index contributed by atoms with van der Waals surface area (Å²) in [7, 11) is 0. The Morgan fingerprint density at radius 2 is 1.83 bits per heavy atom. The molecule has 35 heavy (non-hydrogen) atoms. The zero-order valence-electron chi connectivity index (χ0n) is 21.1. The van der Waals surface area contributed by atoms with Crippen LogP contribution in [0.3, 0.4) is 0 Å². The van der Waals surface area contributed by atoms with Crippen molar-refractivity contribution >= 4 is 17.6 Å². The predicted octanol–water partition coefficient (Wildman–Crippen LogP) is 4.37.